The van der Waals surface area contributed by atoms with Gasteiger partial charge >= 0.3 is 0 Å². The zero-order valence-electron chi connectivity index (χ0n) is 10.3. The van der Waals surface area contributed by atoms with E-state index in [1.165, 1.54) is 12.4 Å². The molecule has 0 bridgehead atoms. The molecule has 5 heteroatoms. The Labute approximate surface area is 111 Å². The summed E-state index contributed by atoms with van der Waals surface area (Å²) in [5.74, 6) is 0.400. The van der Waals surface area contributed by atoms with Crippen LogP contribution in [0.2, 0.25) is 0 Å². The summed E-state index contributed by atoms with van der Waals surface area (Å²) in [6.07, 6.45) is 2.98. The first kappa shape index (κ1) is 13.0. The zero-order valence-corrected chi connectivity index (χ0v) is 10.3. The van der Waals surface area contributed by atoms with E-state index in [2.05, 4.69) is 15.3 Å². The summed E-state index contributed by atoms with van der Waals surface area (Å²) in [6.45, 7) is 0.322. The number of nitriles is 1. The lowest BCUT2D eigenvalue weighted by Gasteiger charge is -2.12. The second kappa shape index (κ2) is 6.47. The van der Waals surface area contributed by atoms with E-state index in [4.69, 9.17) is 5.26 Å². The van der Waals surface area contributed by atoms with Crippen molar-refractivity contribution in [2.45, 2.75) is 12.5 Å². The van der Waals surface area contributed by atoms with Gasteiger partial charge in [-0.25, -0.2) is 9.97 Å². The number of nitrogens with zero attached hydrogens (tertiary/aromatic N) is 3. The van der Waals surface area contributed by atoms with Gasteiger partial charge in [0.2, 0.25) is 0 Å². The number of hydrogen-bond acceptors (Lipinski definition) is 5. The van der Waals surface area contributed by atoms with Gasteiger partial charge in [0.05, 0.1) is 6.10 Å². The molecule has 2 aromatic rings. The van der Waals surface area contributed by atoms with Gasteiger partial charge in [0.15, 0.2) is 11.5 Å². The Balaban J connectivity index is 1.90. The molecule has 0 saturated heterocycles. The highest BCUT2D eigenvalue weighted by atomic mass is 16.3. The van der Waals surface area contributed by atoms with Crippen LogP contribution in [0.4, 0.5) is 5.82 Å². The lowest BCUT2D eigenvalue weighted by atomic mass is 10.1. The Kier molecular flexibility index (Phi) is 4.43. The predicted molar refractivity (Wildman–Crippen MR) is 71.4 cm³/mol. The molecular formula is C14H14N4O. The highest BCUT2D eigenvalue weighted by Gasteiger charge is 2.08. The third-order valence-electron chi connectivity index (χ3n) is 2.62. The zero-order chi connectivity index (χ0) is 13.5. The molecule has 1 aromatic heterocycles. The summed E-state index contributed by atoms with van der Waals surface area (Å²) in [6, 6.07) is 11.7. The van der Waals surface area contributed by atoms with Crippen LogP contribution in [0.3, 0.4) is 0 Å². The van der Waals surface area contributed by atoms with Crippen LogP contribution in [-0.4, -0.2) is 27.7 Å². The molecule has 5 nitrogen and oxygen atoms in total. The van der Waals surface area contributed by atoms with E-state index in [9.17, 15) is 5.11 Å². The molecule has 0 saturated carbocycles. The fraction of sp³-hybridized carbons (Fsp3) is 0.214. The number of rotatable bonds is 5. The monoisotopic (exact) mass is 254 g/mol. The molecule has 0 radical (unpaired) electrons. The van der Waals surface area contributed by atoms with E-state index >= 15 is 0 Å². The summed E-state index contributed by atoms with van der Waals surface area (Å²) in [5.41, 5.74) is 1.30. The molecule has 0 amide bonds. The van der Waals surface area contributed by atoms with Gasteiger partial charge in [-0.3, -0.25) is 0 Å². The molecule has 0 fully saturated rings. The van der Waals surface area contributed by atoms with Gasteiger partial charge in [0.1, 0.15) is 6.07 Å². The molecule has 1 unspecified atom stereocenters. The molecular weight excluding hydrogens is 240 g/mol. The fourth-order valence-electron chi connectivity index (χ4n) is 1.72. The van der Waals surface area contributed by atoms with Gasteiger partial charge in [-0.1, -0.05) is 30.3 Å². The van der Waals surface area contributed by atoms with Gasteiger partial charge in [-0.15, -0.1) is 0 Å². The van der Waals surface area contributed by atoms with Crippen molar-refractivity contribution in [3.8, 4) is 6.07 Å². The first-order valence-electron chi connectivity index (χ1n) is 5.96. The smallest absolute Gasteiger partial charge is 0.182 e. The Hall–Kier alpha value is -2.45. The third kappa shape index (κ3) is 3.76. The first-order chi connectivity index (χ1) is 9.29. The van der Waals surface area contributed by atoms with E-state index in [0.29, 0.717) is 18.8 Å². The van der Waals surface area contributed by atoms with Crippen molar-refractivity contribution in [1.82, 2.24) is 9.97 Å². The second-order valence-electron chi connectivity index (χ2n) is 4.09. The van der Waals surface area contributed by atoms with Crippen LogP contribution in [0.1, 0.15) is 11.3 Å². The largest absolute Gasteiger partial charge is 0.391 e. The number of hydrogen-bond donors (Lipinski definition) is 2. The van der Waals surface area contributed by atoms with E-state index in [0.717, 1.165) is 5.56 Å². The van der Waals surface area contributed by atoms with E-state index < -0.39 is 6.10 Å². The quantitative estimate of drug-likeness (QED) is 0.842. The molecule has 19 heavy (non-hydrogen) atoms. The summed E-state index contributed by atoms with van der Waals surface area (Å²) >= 11 is 0. The normalized spacial score (nSPS) is 11.6. The summed E-state index contributed by atoms with van der Waals surface area (Å²) in [7, 11) is 0. The Bertz CT molecular complexity index is 565. The maximum atomic E-state index is 9.93. The van der Waals surface area contributed by atoms with Gasteiger partial charge in [0, 0.05) is 25.4 Å². The van der Waals surface area contributed by atoms with Crippen LogP contribution in [0.15, 0.2) is 42.7 Å². The molecule has 1 atom stereocenters. The number of nitrogens with one attached hydrogen (secondary N) is 1. The lowest BCUT2D eigenvalue weighted by molar-refractivity contribution is 0.188. The fourth-order valence-corrected chi connectivity index (χ4v) is 1.72. The van der Waals surface area contributed by atoms with Crippen molar-refractivity contribution in [2.75, 3.05) is 11.9 Å². The van der Waals surface area contributed by atoms with Crippen LogP contribution in [0.5, 0.6) is 0 Å². The van der Waals surface area contributed by atoms with Gasteiger partial charge in [0.25, 0.3) is 0 Å². The van der Waals surface area contributed by atoms with E-state index in [1.807, 2.05) is 36.4 Å². The van der Waals surface area contributed by atoms with Crippen molar-refractivity contribution < 1.29 is 5.11 Å². The predicted octanol–water partition coefficient (Wildman–Crippen LogP) is 1.36. The molecule has 0 aliphatic rings. The van der Waals surface area contributed by atoms with Crippen LogP contribution >= 0.6 is 0 Å². The average Bonchev–Trinajstić information content (AvgIpc) is 2.46. The topological polar surface area (TPSA) is 81.8 Å². The minimum Gasteiger partial charge on any atom is -0.391 e. The Morgan fingerprint density at radius 3 is 2.68 bits per heavy atom. The molecule has 96 valence electrons. The Morgan fingerprint density at radius 1 is 1.21 bits per heavy atom. The average molecular weight is 254 g/mol. The third-order valence-corrected chi connectivity index (χ3v) is 2.62. The minimum atomic E-state index is -0.545. The summed E-state index contributed by atoms with van der Waals surface area (Å²) in [4.78, 5) is 7.91. The molecule has 0 aliphatic carbocycles. The number of anilines is 1. The number of aromatic nitrogens is 2. The highest BCUT2D eigenvalue weighted by Crippen LogP contribution is 2.08. The maximum Gasteiger partial charge on any atom is 0.182 e. The second-order valence-corrected chi connectivity index (χ2v) is 4.09. The molecule has 2 rings (SSSR count). The summed E-state index contributed by atoms with van der Waals surface area (Å²) < 4.78 is 0. The van der Waals surface area contributed by atoms with Crippen molar-refractivity contribution in [3.63, 3.8) is 0 Å². The van der Waals surface area contributed by atoms with Crippen LogP contribution in [0.25, 0.3) is 0 Å². The van der Waals surface area contributed by atoms with E-state index in [-0.39, 0.29) is 5.69 Å². The van der Waals surface area contributed by atoms with Crippen molar-refractivity contribution in [2.24, 2.45) is 0 Å². The SMILES string of the molecule is N#Cc1nccnc1NCC(O)Cc1ccccc1. The molecule has 1 aromatic carbocycles. The van der Waals surface area contributed by atoms with Crippen LogP contribution < -0.4 is 5.32 Å². The Morgan fingerprint density at radius 2 is 1.95 bits per heavy atom. The number of aliphatic hydroxyl groups excluding tert-OH is 1. The first-order valence-corrected chi connectivity index (χ1v) is 5.96. The van der Waals surface area contributed by atoms with Crippen molar-refractivity contribution in [1.29, 1.82) is 5.26 Å². The highest BCUT2D eigenvalue weighted by molar-refractivity contribution is 5.46. The molecule has 0 spiro atoms. The van der Waals surface area contributed by atoms with Crippen molar-refractivity contribution in [3.05, 3.63) is 54.0 Å². The van der Waals surface area contributed by atoms with Crippen LogP contribution in [0, 0.1) is 11.3 Å². The van der Waals surface area contributed by atoms with Gasteiger partial charge in [-0.05, 0) is 5.56 Å². The lowest BCUT2D eigenvalue weighted by Crippen LogP contribution is -2.22. The van der Waals surface area contributed by atoms with Crippen LogP contribution in [-0.2, 0) is 6.42 Å². The minimum absolute atomic E-state index is 0.231. The molecule has 0 aliphatic heterocycles. The van der Waals surface area contributed by atoms with Gasteiger partial charge in [-0.2, -0.15) is 5.26 Å². The van der Waals surface area contributed by atoms with Gasteiger partial charge < -0.3 is 10.4 Å². The molecule has 2 N–H and O–H groups in total. The summed E-state index contributed by atoms with van der Waals surface area (Å²) in [5, 5.41) is 21.7. The standard InChI is InChI=1S/C14H14N4O/c15-9-13-14(17-7-6-16-13)18-10-12(19)8-11-4-2-1-3-5-11/h1-7,12,19H,8,10H2,(H,17,18). The van der Waals surface area contributed by atoms with E-state index in [1.54, 1.807) is 0 Å². The van der Waals surface area contributed by atoms with Crippen molar-refractivity contribution >= 4 is 5.82 Å². The maximum absolute atomic E-state index is 9.93. The number of aliphatic hydroxyl groups is 1. The molecule has 1 heterocycles. The number of benzene rings is 1.